The number of pyridine rings is 1. The summed E-state index contributed by atoms with van der Waals surface area (Å²) >= 11 is 0. The first-order chi connectivity index (χ1) is 26.5. The molecule has 3 fully saturated rings. The molecule has 2 aromatic heterocycles. The summed E-state index contributed by atoms with van der Waals surface area (Å²) in [6, 6.07) is 13.3. The van der Waals surface area contributed by atoms with Crippen LogP contribution in [-0.2, 0) is 24.4 Å². The van der Waals surface area contributed by atoms with Gasteiger partial charge < -0.3 is 20.3 Å². The minimum absolute atomic E-state index is 0.00491. The first kappa shape index (κ1) is 36.5. The zero-order valence-corrected chi connectivity index (χ0v) is 31.3. The van der Waals surface area contributed by atoms with Crippen molar-refractivity contribution in [3.05, 3.63) is 84.5 Å². The van der Waals surface area contributed by atoms with E-state index in [0.717, 1.165) is 34.5 Å². The standard InChI is InChI=1S/C40H43N7O7S/c1-24-21-42-33(22-41-24)35(48)43-32-16-6-4-2-3-5-11-25-20-40(25,39(51)46-55(52,53)27-17-18-27)45-36(49)34-19-26(23-47(34)38(32)50)54-37-30-14-8-7-12-28(30)29-13-9-10-15-31(29)44-37/h5,7-15,21-22,25-27,32,34H,2-4,6,16-20,23H2,1H3,(H,43,48)(H,45,49)(H,46,51)/b11-5+. The minimum atomic E-state index is -3.89. The van der Waals surface area contributed by atoms with Crippen molar-refractivity contribution in [1.29, 1.82) is 0 Å². The normalized spacial score (nSPS) is 26.5. The Morgan fingerprint density at radius 1 is 0.945 bits per heavy atom. The molecule has 55 heavy (non-hydrogen) atoms. The maximum Gasteiger partial charge on any atom is 0.272 e. The van der Waals surface area contributed by atoms with Crippen LogP contribution in [0.4, 0.5) is 0 Å². The fraction of sp³-hybridized carbons (Fsp3) is 0.425. The number of rotatable bonds is 7. The van der Waals surface area contributed by atoms with E-state index in [-0.39, 0.29) is 25.1 Å². The van der Waals surface area contributed by atoms with Gasteiger partial charge in [0.05, 0.1) is 29.2 Å². The number of fused-ring (bicyclic) bond motifs is 5. The van der Waals surface area contributed by atoms with Gasteiger partial charge in [0.2, 0.25) is 27.7 Å². The number of allylic oxidation sites excluding steroid dienone is 1. The van der Waals surface area contributed by atoms with Crippen LogP contribution in [0.2, 0.25) is 0 Å². The highest BCUT2D eigenvalue weighted by atomic mass is 32.2. The molecule has 8 rings (SSSR count). The molecule has 4 amide bonds. The number of hydrogen-bond acceptors (Lipinski definition) is 10. The summed E-state index contributed by atoms with van der Waals surface area (Å²) in [5.74, 6) is -2.52. The topological polar surface area (TPSA) is 190 Å². The molecular formula is C40H43N7O7S. The number of aromatic nitrogens is 3. The van der Waals surface area contributed by atoms with Crippen molar-refractivity contribution in [1.82, 2.24) is 35.2 Å². The summed E-state index contributed by atoms with van der Waals surface area (Å²) in [5.41, 5.74) is -0.0889. The molecule has 0 radical (unpaired) electrons. The van der Waals surface area contributed by atoms with Crippen molar-refractivity contribution in [2.24, 2.45) is 5.92 Å². The number of carbonyl (C=O) groups is 4. The summed E-state index contributed by atoms with van der Waals surface area (Å²) in [5, 5.41) is 7.79. The molecule has 2 aliphatic heterocycles. The highest BCUT2D eigenvalue weighted by Crippen LogP contribution is 2.46. The molecule has 286 valence electrons. The number of nitrogens with one attached hydrogen (secondary N) is 3. The van der Waals surface area contributed by atoms with Crippen molar-refractivity contribution in [3.8, 4) is 5.88 Å². The average molecular weight is 766 g/mol. The molecule has 0 bridgehead atoms. The van der Waals surface area contributed by atoms with Gasteiger partial charge in [-0.2, -0.15) is 0 Å². The van der Waals surface area contributed by atoms with Crippen LogP contribution in [0.1, 0.15) is 74.0 Å². The van der Waals surface area contributed by atoms with Crippen LogP contribution in [0, 0.1) is 12.8 Å². The van der Waals surface area contributed by atoms with Gasteiger partial charge in [0.25, 0.3) is 11.8 Å². The number of aryl methyl sites for hydroxylation is 1. The Hall–Kier alpha value is -5.44. The van der Waals surface area contributed by atoms with E-state index < -0.39 is 68.5 Å². The van der Waals surface area contributed by atoms with Crippen molar-refractivity contribution in [2.75, 3.05) is 6.54 Å². The van der Waals surface area contributed by atoms with Crippen LogP contribution >= 0.6 is 0 Å². The molecule has 5 atom stereocenters. The first-order valence-electron chi connectivity index (χ1n) is 18.9. The van der Waals surface area contributed by atoms with Crippen LogP contribution in [0.5, 0.6) is 5.88 Å². The van der Waals surface area contributed by atoms with Crippen molar-refractivity contribution >= 4 is 55.3 Å². The summed E-state index contributed by atoms with van der Waals surface area (Å²) in [6.45, 7) is 1.75. The molecule has 15 heteroatoms. The van der Waals surface area contributed by atoms with Gasteiger partial charge in [0, 0.05) is 29.3 Å². The van der Waals surface area contributed by atoms with Gasteiger partial charge in [-0.25, -0.2) is 18.4 Å². The Bertz CT molecular complexity index is 2310. The van der Waals surface area contributed by atoms with E-state index in [0.29, 0.717) is 43.7 Å². The lowest BCUT2D eigenvalue weighted by molar-refractivity contribution is -0.141. The Morgan fingerprint density at radius 2 is 1.71 bits per heavy atom. The molecule has 4 aromatic rings. The molecule has 4 aliphatic rings. The largest absolute Gasteiger partial charge is 0.472 e. The van der Waals surface area contributed by atoms with E-state index in [9.17, 15) is 27.6 Å². The SMILES string of the molecule is Cc1cnc(C(=O)NC2CCCCC/C=C/C3CC3(C(=O)NS(=O)(=O)C3CC3)NC(=O)C3CC(Oc4nc5ccccc5c5ccccc45)CN3C2=O)cn1. The zero-order chi connectivity index (χ0) is 38.3. The number of para-hydroxylation sites is 1. The fourth-order valence-electron chi connectivity index (χ4n) is 7.71. The second kappa shape index (κ2) is 14.7. The number of amides is 4. The third-order valence-electron chi connectivity index (χ3n) is 11.0. The predicted octanol–water partition coefficient (Wildman–Crippen LogP) is 3.64. The van der Waals surface area contributed by atoms with Gasteiger partial charge in [0.1, 0.15) is 29.4 Å². The summed E-state index contributed by atoms with van der Waals surface area (Å²) in [7, 11) is -3.89. The Balaban J connectivity index is 1.12. The first-order valence-corrected chi connectivity index (χ1v) is 20.5. The van der Waals surface area contributed by atoms with Crippen LogP contribution in [0.15, 0.2) is 73.1 Å². The van der Waals surface area contributed by atoms with Gasteiger partial charge >= 0.3 is 0 Å². The van der Waals surface area contributed by atoms with Crippen molar-refractivity contribution in [2.45, 2.75) is 93.7 Å². The van der Waals surface area contributed by atoms with Gasteiger partial charge in [-0.3, -0.25) is 28.9 Å². The Kier molecular flexibility index (Phi) is 9.74. The smallest absolute Gasteiger partial charge is 0.272 e. The third-order valence-corrected chi connectivity index (χ3v) is 12.8. The number of hydrogen-bond donors (Lipinski definition) is 3. The van der Waals surface area contributed by atoms with Gasteiger partial charge in [0.15, 0.2) is 0 Å². The van der Waals surface area contributed by atoms with E-state index >= 15 is 0 Å². The number of benzene rings is 2. The molecule has 3 N–H and O–H groups in total. The summed E-state index contributed by atoms with van der Waals surface area (Å²) < 4.78 is 34.6. The van der Waals surface area contributed by atoms with Crippen LogP contribution in [0.3, 0.4) is 0 Å². The molecule has 4 heterocycles. The predicted molar refractivity (Wildman–Crippen MR) is 203 cm³/mol. The van der Waals surface area contributed by atoms with E-state index in [1.165, 1.54) is 17.3 Å². The van der Waals surface area contributed by atoms with Crippen molar-refractivity contribution < 1.29 is 32.3 Å². The van der Waals surface area contributed by atoms with Crippen LogP contribution in [0.25, 0.3) is 21.7 Å². The molecule has 1 saturated heterocycles. The molecule has 2 aliphatic carbocycles. The number of ether oxygens (including phenoxy) is 1. The van der Waals surface area contributed by atoms with Gasteiger partial charge in [-0.15, -0.1) is 0 Å². The minimum Gasteiger partial charge on any atom is -0.472 e. The second-order valence-corrected chi connectivity index (χ2v) is 17.0. The van der Waals surface area contributed by atoms with Crippen LogP contribution < -0.4 is 20.1 Å². The molecule has 14 nitrogen and oxygen atoms in total. The van der Waals surface area contributed by atoms with E-state index in [4.69, 9.17) is 9.72 Å². The zero-order valence-electron chi connectivity index (χ0n) is 30.4. The lowest BCUT2D eigenvalue weighted by Crippen LogP contribution is -2.58. The maximum absolute atomic E-state index is 14.6. The third kappa shape index (κ3) is 7.49. The second-order valence-electron chi connectivity index (χ2n) is 15.0. The Morgan fingerprint density at radius 3 is 2.47 bits per heavy atom. The van der Waals surface area contributed by atoms with Crippen LogP contribution in [-0.4, -0.2) is 87.4 Å². The molecule has 0 spiro atoms. The van der Waals surface area contributed by atoms with E-state index in [2.05, 4.69) is 25.3 Å². The number of sulfonamides is 1. The number of nitrogens with zero attached hydrogens (tertiary/aromatic N) is 4. The molecular weight excluding hydrogens is 723 g/mol. The lowest BCUT2D eigenvalue weighted by Gasteiger charge is -2.29. The summed E-state index contributed by atoms with van der Waals surface area (Å²) in [4.78, 5) is 70.9. The quantitative estimate of drug-likeness (QED) is 0.185. The molecule has 2 saturated carbocycles. The monoisotopic (exact) mass is 765 g/mol. The average Bonchev–Trinajstić information content (AvgIpc) is 4.11. The molecule has 5 unspecified atom stereocenters. The fourth-order valence-corrected chi connectivity index (χ4v) is 9.07. The van der Waals surface area contributed by atoms with Crippen molar-refractivity contribution in [3.63, 3.8) is 0 Å². The Labute approximate surface area is 318 Å². The van der Waals surface area contributed by atoms with E-state index in [1.807, 2.05) is 60.7 Å². The number of carbonyl (C=O) groups excluding carboxylic acids is 4. The highest BCUT2D eigenvalue weighted by Gasteiger charge is 2.62. The highest BCUT2D eigenvalue weighted by molar-refractivity contribution is 7.91. The lowest BCUT2D eigenvalue weighted by atomic mass is 10.0. The maximum atomic E-state index is 14.6. The van der Waals surface area contributed by atoms with Gasteiger partial charge in [-0.1, -0.05) is 61.4 Å². The molecule has 2 aromatic carbocycles. The summed E-state index contributed by atoms with van der Waals surface area (Å²) in [6.07, 6.45) is 10.4. The van der Waals surface area contributed by atoms with E-state index in [1.54, 1.807) is 6.92 Å². The van der Waals surface area contributed by atoms with Gasteiger partial charge in [-0.05, 0) is 63.0 Å².